The van der Waals surface area contributed by atoms with Crippen LogP contribution in [-0.4, -0.2) is 27.6 Å². The fraction of sp³-hybridized carbons (Fsp3) is 0.176. The van der Waals surface area contributed by atoms with Crippen molar-refractivity contribution in [1.29, 1.82) is 0 Å². The third kappa shape index (κ3) is 4.39. The predicted molar refractivity (Wildman–Crippen MR) is 89.6 cm³/mol. The molecule has 0 saturated heterocycles. The number of aromatic nitrogens is 2. The highest BCUT2D eigenvalue weighted by molar-refractivity contribution is 5.82. The second kappa shape index (κ2) is 8.42. The molecule has 2 heterocycles. The number of ether oxygens (including phenoxy) is 1. The Balaban J connectivity index is 0.000000368. The second-order valence-corrected chi connectivity index (χ2v) is 4.82. The van der Waals surface area contributed by atoms with Gasteiger partial charge in [-0.05, 0) is 31.2 Å². The van der Waals surface area contributed by atoms with Crippen LogP contribution in [0.15, 0.2) is 54.9 Å². The molecule has 0 radical (unpaired) electrons. The summed E-state index contributed by atoms with van der Waals surface area (Å²) in [6.07, 6.45) is 3.68. The van der Waals surface area contributed by atoms with Gasteiger partial charge in [0.15, 0.2) is 0 Å². The number of non-ortho nitro benzene ring substituents is 1. The average molecular weight is 327 g/mol. The van der Waals surface area contributed by atoms with Crippen LogP contribution in [0.5, 0.6) is 0 Å². The van der Waals surface area contributed by atoms with Gasteiger partial charge in [-0.1, -0.05) is 6.07 Å². The molecule has 24 heavy (non-hydrogen) atoms. The Hall–Kier alpha value is -3.22. The summed E-state index contributed by atoms with van der Waals surface area (Å²) < 4.78 is 6.18. The number of hydrogen-bond acceptors (Lipinski definition) is 5. The zero-order valence-electron chi connectivity index (χ0n) is 13.2. The summed E-state index contributed by atoms with van der Waals surface area (Å²) in [6, 6.07) is 12.5. The maximum atomic E-state index is 10.7. The molecule has 0 aliphatic heterocycles. The number of hydrogen-bond donors (Lipinski definition) is 0. The molecule has 3 aromatic rings. The summed E-state index contributed by atoms with van der Waals surface area (Å²) in [5.74, 6) is 0. The van der Waals surface area contributed by atoms with E-state index in [1.54, 1.807) is 25.3 Å². The molecule has 0 unspecified atom stereocenters. The van der Waals surface area contributed by atoms with Crippen molar-refractivity contribution in [1.82, 2.24) is 9.55 Å². The maximum Gasteiger partial charge on any atom is 0.293 e. The molecule has 124 valence electrons. The molecule has 2 aromatic heterocycles. The highest BCUT2D eigenvalue weighted by Gasteiger charge is 2.08. The number of rotatable bonds is 5. The zero-order chi connectivity index (χ0) is 17.4. The normalized spacial score (nSPS) is 9.88. The van der Waals surface area contributed by atoms with E-state index in [1.165, 1.54) is 6.07 Å². The van der Waals surface area contributed by atoms with E-state index < -0.39 is 0 Å². The Morgan fingerprint density at radius 2 is 2.12 bits per heavy atom. The lowest BCUT2D eigenvalue weighted by molar-refractivity contribution is -0.384. The van der Waals surface area contributed by atoms with E-state index in [-0.39, 0.29) is 10.6 Å². The fourth-order valence-corrected chi connectivity index (χ4v) is 2.17. The van der Waals surface area contributed by atoms with Crippen molar-refractivity contribution in [2.45, 2.75) is 13.5 Å². The average Bonchev–Trinajstić information content (AvgIpc) is 2.99. The summed E-state index contributed by atoms with van der Waals surface area (Å²) in [4.78, 5) is 23.8. The fourth-order valence-electron chi connectivity index (χ4n) is 2.17. The topological polar surface area (TPSA) is 87.3 Å². The van der Waals surface area contributed by atoms with Gasteiger partial charge in [0.05, 0.1) is 23.8 Å². The molecule has 1 aromatic carbocycles. The van der Waals surface area contributed by atoms with Crippen LogP contribution in [-0.2, 0) is 16.1 Å². The number of fused-ring (bicyclic) bond motifs is 1. The van der Waals surface area contributed by atoms with Crippen LogP contribution >= 0.6 is 0 Å². The van der Waals surface area contributed by atoms with E-state index in [1.807, 2.05) is 35.0 Å². The van der Waals surface area contributed by atoms with Crippen LogP contribution in [0, 0.1) is 10.1 Å². The molecule has 0 amide bonds. The number of carbonyl (C=O) groups excluding carboxylic acids is 1. The van der Waals surface area contributed by atoms with Crippen LogP contribution in [0.3, 0.4) is 0 Å². The number of benzene rings is 1. The Bertz CT molecular complexity index is 815. The van der Waals surface area contributed by atoms with Crippen molar-refractivity contribution >= 4 is 23.1 Å². The lowest BCUT2D eigenvalue weighted by Crippen LogP contribution is -1.99. The first-order valence-corrected chi connectivity index (χ1v) is 7.34. The van der Waals surface area contributed by atoms with Crippen molar-refractivity contribution in [3.63, 3.8) is 0 Å². The molecule has 0 saturated carbocycles. The third-order valence-electron chi connectivity index (χ3n) is 3.26. The quantitative estimate of drug-likeness (QED) is 0.408. The second-order valence-electron chi connectivity index (χ2n) is 4.82. The Morgan fingerprint density at radius 1 is 1.29 bits per heavy atom. The Labute approximate surface area is 138 Å². The van der Waals surface area contributed by atoms with E-state index in [2.05, 4.69) is 9.72 Å². The van der Waals surface area contributed by atoms with Crippen LogP contribution in [0.4, 0.5) is 5.69 Å². The van der Waals surface area contributed by atoms with Gasteiger partial charge in [0.1, 0.15) is 0 Å². The summed E-state index contributed by atoms with van der Waals surface area (Å²) >= 11 is 0. The van der Waals surface area contributed by atoms with Crippen molar-refractivity contribution < 1.29 is 14.5 Å². The minimum atomic E-state index is -0.379. The zero-order valence-corrected chi connectivity index (χ0v) is 13.2. The lowest BCUT2D eigenvalue weighted by Gasteiger charge is -2.04. The van der Waals surface area contributed by atoms with E-state index in [4.69, 9.17) is 0 Å². The van der Waals surface area contributed by atoms with Crippen LogP contribution < -0.4 is 0 Å². The molecular formula is C17H17N3O4. The highest BCUT2D eigenvalue weighted by atomic mass is 16.6. The summed E-state index contributed by atoms with van der Waals surface area (Å²) in [7, 11) is 0. The molecule has 0 N–H and O–H groups in total. The molecule has 0 bridgehead atoms. The van der Waals surface area contributed by atoms with Gasteiger partial charge in [-0.25, -0.2) is 0 Å². The standard InChI is InChI=1S/C14H11N3O2.C3H6O2/c18-17(19)13-4-5-14-11(9-13)6-8-16(14)10-12-3-1-2-7-15-12;1-2-5-3-4/h1-9H,10H2;3H,2H2,1H3. The maximum absolute atomic E-state index is 10.7. The van der Waals surface area contributed by atoms with Gasteiger partial charge in [0, 0.05) is 35.4 Å². The molecule has 7 heteroatoms. The molecule has 0 atom stereocenters. The van der Waals surface area contributed by atoms with Gasteiger partial charge in [0.25, 0.3) is 12.2 Å². The first-order valence-electron chi connectivity index (χ1n) is 7.34. The molecule has 0 aliphatic carbocycles. The van der Waals surface area contributed by atoms with Gasteiger partial charge in [-0.15, -0.1) is 0 Å². The van der Waals surface area contributed by atoms with E-state index >= 15 is 0 Å². The number of nitro benzene ring substituents is 1. The monoisotopic (exact) mass is 327 g/mol. The van der Waals surface area contributed by atoms with Crippen molar-refractivity contribution in [3.8, 4) is 0 Å². The van der Waals surface area contributed by atoms with Crippen molar-refractivity contribution in [2.75, 3.05) is 6.61 Å². The molecule has 3 rings (SSSR count). The van der Waals surface area contributed by atoms with E-state index in [9.17, 15) is 14.9 Å². The molecule has 0 aliphatic rings. The molecule has 0 spiro atoms. The summed E-state index contributed by atoms with van der Waals surface area (Å²) in [5.41, 5.74) is 2.04. The van der Waals surface area contributed by atoms with Crippen LogP contribution in [0.2, 0.25) is 0 Å². The smallest absolute Gasteiger partial charge is 0.293 e. The Morgan fingerprint density at radius 3 is 2.71 bits per heavy atom. The lowest BCUT2D eigenvalue weighted by atomic mass is 10.2. The van der Waals surface area contributed by atoms with E-state index in [0.29, 0.717) is 19.6 Å². The van der Waals surface area contributed by atoms with Gasteiger partial charge in [-0.2, -0.15) is 0 Å². The van der Waals surface area contributed by atoms with Crippen molar-refractivity contribution in [2.24, 2.45) is 0 Å². The minimum Gasteiger partial charge on any atom is -0.468 e. The first kappa shape index (κ1) is 17.1. The largest absolute Gasteiger partial charge is 0.468 e. The highest BCUT2D eigenvalue weighted by Crippen LogP contribution is 2.22. The van der Waals surface area contributed by atoms with Gasteiger partial charge in [-0.3, -0.25) is 19.9 Å². The molecule has 7 nitrogen and oxygen atoms in total. The summed E-state index contributed by atoms with van der Waals surface area (Å²) in [6.45, 7) is 3.32. The number of carbonyl (C=O) groups is 1. The van der Waals surface area contributed by atoms with E-state index in [0.717, 1.165) is 16.6 Å². The Kier molecular flexibility index (Phi) is 6.01. The van der Waals surface area contributed by atoms with Gasteiger partial charge < -0.3 is 9.30 Å². The van der Waals surface area contributed by atoms with Gasteiger partial charge >= 0.3 is 0 Å². The van der Waals surface area contributed by atoms with Crippen LogP contribution in [0.25, 0.3) is 10.9 Å². The SMILES string of the molecule is CCOC=O.O=[N+]([O-])c1ccc2c(ccn2Cc2ccccn2)c1. The van der Waals surface area contributed by atoms with Crippen molar-refractivity contribution in [3.05, 3.63) is 70.7 Å². The minimum absolute atomic E-state index is 0.114. The van der Waals surface area contributed by atoms with Gasteiger partial charge in [0.2, 0.25) is 0 Å². The predicted octanol–water partition coefficient (Wildman–Crippen LogP) is 3.17. The molecular weight excluding hydrogens is 310 g/mol. The number of pyridine rings is 1. The summed E-state index contributed by atoms with van der Waals surface area (Å²) in [5, 5.41) is 11.6. The number of nitrogens with zero attached hydrogens (tertiary/aromatic N) is 3. The van der Waals surface area contributed by atoms with Crippen LogP contribution in [0.1, 0.15) is 12.6 Å². The number of nitro groups is 1. The molecule has 0 fully saturated rings. The third-order valence-corrected chi connectivity index (χ3v) is 3.26. The first-order chi connectivity index (χ1) is 11.7.